The van der Waals surface area contributed by atoms with Crippen molar-refractivity contribution in [2.75, 3.05) is 0 Å². The van der Waals surface area contributed by atoms with Crippen LogP contribution >= 0.6 is 12.2 Å². The van der Waals surface area contributed by atoms with Gasteiger partial charge in [-0.2, -0.15) is 0 Å². The summed E-state index contributed by atoms with van der Waals surface area (Å²) in [6, 6.07) is 0.192. The summed E-state index contributed by atoms with van der Waals surface area (Å²) in [4.78, 5) is 16.3. The van der Waals surface area contributed by atoms with Crippen molar-refractivity contribution in [3.8, 4) is 0 Å². The lowest BCUT2D eigenvalue weighted by molar-refractivity contribution is 0.0911. The van der Waals surface area contributed by atoms with Gasteiger partial charge in [-0.15, -0.1) is 0 Å². The van der Waals surface area contributed by atoms with Crippen LogP contribution in [0.3, 0.4) is 0 Å². The van der Waals surface area contributed by atoms with Gasteiger partial charge >= 0.3 is 0 Å². The quantitative estimate of drug-likeness (QED) is 0.377. The molecule has 0 N–H and O–H groups in total. The van der Waals surface area contributed by atoms with E-state index in [-0.39, 0.29) is 31.4 Å². The Kier molecular flexibility index (Phi) is 4.45. The van der Waals surface area contributed by atoms with Gasteiger partial charge in [0.05, 0.1) is 6.42 Å². The molecule has 0 radical (unpaired) electrons. The molecule has 1 atom stereocenters. The van der Waals surface area contributed by atoms with Gasteiger partial charge in [-0.25, -0.2) is 22.5 Å². The molecule has 28 heavy (non-hydrogen) atoms. The molecule has 146 valence electrons. The third-order valence-corrected chi connectivity index (χ3v) is 5.58. The highest BCUT2D eigenvalue weighted by atomic mass is 32.1. The molecule has 10 heteroatoms. The lowest BCUT2D eigenvalue weighted by atomic mass is 9.94. The van der Waals surface area contributed by atoms with Gasteiger partial charge in [0.2, 0.25) is 5.91 Å². The van der Waals surface area contributed by atoms with Crippen LogP contribution in [0, 0.1) is 28.0 Å². The average molecular weight is 410 g/mol. The van der Waals surface area contributed by atoms with Crippen LogP contribution in [0.2, 0.25) is 0 Å². The second-order valence-electron chi connectivity index (χ2n) is 6.67. The second-order valence-corrected chi connectivity index (χ2v) is 7.03. The van der Waals surface area contributed by atoms with Crippen LogP contribution in [0.15, 0.2) is 24.8 Å². The Labute approximate surface area is 161 Å². The minimum absolute atomic E-state index is 0.00592. The van der Waals surface area contributed by atoms with E-state index in [9.17, 15) is 22.4 Å². The largest absolute Gasteiger partial charge is 0.323 e. The van der Waals surface area contributed by atoms with Crippen LogP contribution in [-0.4, -0.2) is 24.6 Å². The van der Waals surface area contributed by atoms with Crippen molar-refractivity contribution < 1.29 is 22.4 Å². The summed E-state index contributed by atoms with van der Waals surface area (Å²) in [6.07, 6.45) is 4.45. The van der Waals surface area contributed by atoms with E-state index < -0.39 is 34.8 Å². The molecular weight excluding hydrogens is 396 g/mol. The van der Waals surface area contributed by atoms with Crippen LogP contribution < -0.4 is 0 Å². The molecule has 0 bridgehead atoms. The number of rotatable bonds is 3. The molecular formula is C18H14F4N4OS. The highest BCUT2D eigenvalue weighted by Gasteiger charge is 2.34. The van der Waals surface area contributed by atoms with Gasteiger partial charge < -0.3 is 9.13 Å². The normalized spacial score (nSPS) is 15.8. The summed E-state index contributed by atoms with van der Waals surface area (Å²) in [7, 11) is 1.70. The van der Waals surface area contributed by atoms with Crippen LogP contribution in [0.25, 0.3) is 0 Å². The van der Waals surface area contributed by atoms with Crippen LogP contribution in [0.5, 0.6) is 0 Å². The van der Waals surface area contributed by atoms with Crippen molar-refractivity contribution in [1.29, 1.82) is 0 Å². The number of hydrogen-bond acceptors (Lipinski definition) is 3. The standard InChI is InChI=1S/C18H14F4N4OS/c1-24-12(6-14(27)25-3-2-23-8-25)13-4-9(7-26(13)18(24)28)15-16(21)10(19)5-11(20)17(15)22/h2-3,5,8-9H,4,6-7H2,1H3/t9-/m0/s1. The molecule has 0 saturated carbocycles. The molecule has 1 aliphatic rings. The predicted molar refractivity (Wildman–Crippen MR) is 93.5 cm³/mol. The summed E-state index contributed by atoms with van der Waals surface area (Å²) in [5.41, 5.74) is 0.573. The van der Waals surface area contributed by atoms with Gasteiger partial charge in [0.1, 0.15) is 6.33 Å². The zero-order valence-electron chi connectivity index (χ0n) is 14.6. The van der Waals surface area contributed by atoms with Gasteiger partial charge in [0, 0.05) is 54.9 Å². The molecule has 1 aromatic carbocycles. The van der Waals surface area contributed by atoms with E-state index in [1.165, 1.54) is 23.3 Å². The topological polar surface area (TPSA) is 44.8 Å². The minimum Gasteiger partial charge on any atom is -0.323 e. The maximum absolute atomic E-state index is 14.2. The summed E-state index contributed by atoms with van der Waals surface area (Å²) in [5.74, 6) is -6.77. The zero-order valence-corrected chi connectivity index (χ0v) is 15.4. The highest BCUT2D eigenvalue weighted by molar-refractivity contribution is 7.71. The molecule has 3 aromatic rings. The molecule has 1 aliphatic heterocycles. The summed E-state index contributed by atoms with van der Waals surface area (Å²) in [6.45, 7) is 0.0675. The Morgan fingerprint density at radius 1 is 1.25 bits per heavy atom. The third kappa shape index (κ3) is 2.79. The van der Waals surface area contributed by atoms with Crippen molar-refractivity contribution in [1.82, 2.24) is 18.7 Å². The second kappa shape index (κ2) is 6.69. The summed E-state index contributed by atoms with van der Waals surface area (Å²) in [5, 5.41) is 0. The molecule has 0 unspecified atom stereocenters. The molecule has 4 rings (SSSR count). The zero-order chi connectivity index (χ0) is 20.2. The number of hydrogen-bond donors (Lipinski definition) is 0. The summed E-state index contributed by atoms with van der Waals surface area (Å²) < 4.78 is 60.7. The fourth-order valence-electron chi connectivity index (χ4n) is 3.70. The smallest absolute Gasteiger partial charge is 0.237 e. The Morgan fingerprint density at radius 2 is 1.93 bits per heavy atom. The van der Waals surface area contributed by atoms with Gasteiger partial charge in [0.25, 0.3) is 0 Å². The Hall–Kier alpha value is -2.75. The number of halogens is 4. The lowest BCUT2D eigenvalue weighted by Gasteiger charge is -2.14. The summed E-state index contributed by atoms with van der Waals surface area (Å²) >= 11 is 5.37. The van der Waals surface area contributed by atoms with E-state index >= 15 is 0 Å². The van der Waals surface area contributed by atoms with Gasteiger partial charge in [-0.1, -0.05) is 0 Å². The molecule has 0 spiro atoms. The van der Waals surface area contributed by atoms with E-state index in [2.05, 4.69) is 4.98 Å². The predicted octanol–water partition coefficient (Wildman–Crippen LogP) is 3.53. The number of fused-ring (bicyclic) bond motifs is 1. The van der Waals surface area contributed by atoms with Crippen molar-refractivity contribution >= 4 is 18.1 Å². The number of aromatic nitrogens is 4. The first-order chi connectivity index (χ1) is 13.3. The molecule has 5 nitrogen and oxygen atoms in total. The SMILES string of the molecule is Cn1c(CC(=O)n2ccnc2)c2n(c1=S)C[C@@H](c1c(F)c(F)cc(F)c1F)C2. The van der Waals surface area contributed by atoms with E-state index in [1.807, 2.05) is 0 Å². The molecule has 0 fully saturated rings. The number of carbonyl (C=O) groups excluding carboxylic acids is 1. The van der Waals surface area contributed by atoms with Crippen molar-refractivity contribution in [3.05, 3.63) is 69.8 Å². The molecule has 0 saturated heterocycles. The Morgan fingerprint density at radius 3 is 2.54 bits per heavy atom. The average Bonchev–Trinajstić information content (AvgIpc) is 3.37. The number of imidazole rings is 2. The minimum atomic E-state index is -1.44. The van der Waals surface area contributed by atoms with Crippen molar-refractivity contribution in [3.63, 3.8) is 0 Å². The molecule has 0 aliphatic carbocycles. The maximum atomic E-state index is 14.2. The fraction of sp³-hybridized carbons (Fsp3) is 0.278. The van der Waals surface area contributed by atoms with Crippen LogP contribution in [0.4, 0.5) is 17.6 Å². The van der Waals surface area contributed by atoms with Crippen LogP contribution in [-0.2, 0) is 26.4 Å². The fourth-order valence-corrected chi connectivity index (χ4v) is 4.00. The van der Waals surface area contributed by atoms with Gasteiger partial charge in [-0.05, 0) is 18.6 Å². The number of nitrogens with zero attached hydrogens (tertiary/aromatic N) is 4. The highest BCUT2D eigenvalue weighted by Crippen LogP contribution is 2.36. The first-order valence-corrected chi connectivity index (χ1v) is 8.81. The Bertz CT molecular complexity index is 1120. The lowest BCUT2D eigenvalue weighted by Crippen LogP contribution is -2.16. The van der Waals surface area contributed by atoms with Gasteiger partial charge in [0.15, 0.2) is 28.0 Å². The van der Waals surface area contributed by atoms with Crippen molar-refractivity contribution in [2.24, 2.45) is 7.05 Å². The molecule has 0 amide bonds. The first kappa shape index (κ1) is 18.6. The van der Waals surface area contributed by atoms with E-state index in [0.717, 1.165) is 0 Å². The van der Waals surface area contributed by atoms with E-state index in [4.69, 9.17) is 12.2 Å². The maximum Gasteiger partial charge on any atom is 0.237 e. The Balaban J connectivity index is 1.72. The van der Waals surface area contributed by atoms with Crippen LogP contribution in [0.1, 0.15) is 27.7 Å². The number of carbonyl (C=O) groups is 1. The molecule has 3 heterocycles. The van der Waals surface area contributed by atoms with Crippen molar-refractivity contribution in [2.45, 2.75) is 25.3 Å². The monoisotopic (exact) mass is 410 g/mol. The van der Waals surface area contributed by atoms with E-state index in [1.54, 1.807) is 16.2 Å². The first-order valence-electron chi connectivity index (χ1n) is 8.40. The van der Waals surface area contributed by atoms with E-state index in [0.29, 0.717) is 16.2 Å². The molecule has 2 aromatic heterocycles. The van der Waals surface area contributed by atoms with Gasteiger partial charge in [-0.3, -0.25) is 9.36 Å². The third-order valence-electron chi connectivity index (χ3n) is 5.09. The number of benzene rings is 1.